The Kier molecular flexibility index (Phi) is 3.81. The van der Waals surface area contributed by atoms with E-state index in [0.717, 1.165) is 19.4 Å². The molecule has 2 rings (SSSR count). The molecule has 7 heteroatoms. The molecule has 1 saturated heterocycles. The Morgan fingerprint density at radius 2 is 2.44 bits per heavy atom. The Balaban J connectivity index is 2.26. The van der Waals surface area contributed by atoms with E-state index in [-0.39, 0.29) is 16.7 Å². The van der Waals surface area contributed by atoms with Gasteiger partial charge in [-0.1, -0.05) is 0 Å². The van der Waals surface area contributed by atoms with Gasteiger partial charge in [0.1, 0.15) is 5.69 Å². The summed E-state index contributed by atoms with van der Waals surface area (Å²) in [5, 5.41) is 18.5. The highest BCUT2D eigenvalue weighted by atomic mass is 16.6. The normalized spacial score (nSPS) is 19.8. The van der Waals surface area contributed by atoms with Gasteiger partial charge in [-0.25, -0.2) is 4.68 Å². The second-order valence-corrected chi connectivity index (χ2v) is 4.41. The number of ether oxygens (including phenoxy) is 1. The van der Waals surface area contributed by atoms with E-state index in [1.807, 2.05) is 6.92 Å². The molecule has 1 atom stereocenters. The molecule has 0 amide bonds. The maximum atomic E-state index is 11.1. The van der Waals surface area contributed by atoms with Crippen LogP contribution in [0.4, 0.5) is 11.5 Å². The molecule has 1 aromatic heterocycles. The van der Waals surface area contributed by atoms with Gasteiger partial charge in [-0.2, -0.15) is 5.10 Å². The Bertz CT molecular complexity index is 438. The van der Waals surface area contributed by atoms with Crippen molar-refractivity contribution in [1.82, 2.24) is 9.78 Å². The molecule has 100 valence electrons. The second kappa shape index (κ2) is 5.34. The van der Waals surface area contributed by atoms with Gasteiger partial charge in [0, 0.05) is 13.2 Å². The maximum Gasteiger partial charge on any atom is 0.333 e. The molecule has 18 heavy (non-hydrogen) atoms. The highest BCUT2D eigenvalue weighted by Gasteiger charge is 2.27. The number of anilines is 1. The summed E-state index contributed by atoms with van der Waals surface area (Å²) in [6, 6.07) is 0.124. The summed E-state index contributed by atoms with van der Waals surface area (Å²) in [6.45, 7) is 5.54. The molecule has 1 unspecified atom stereocenters. The third-order valence-electron chi connectivity index (χ3n) is 3.08. The lowest BCUT2D eigenvalue weighted by Crippen LogP contribution is -2.31. The molecule has 1 fully saturated rings. The number of nitrogens with zero attached hydrogens (tertiary/aromatic N) is 3. The molecule has 0 aromatic carbocycles. The van der Waals surface area contributed by atoms with Crippen LogP contribution in [0.5, 0.6) is 0 Å². The van der Waals surface area contributed by atoms with Crippen molar-refractivity contribution in [3.8, 4) is 0 Å². The van der Waals surface area contributed by atoms with E-state index in [1.165, 1.54) is 0 Å². The van der Waals surface area contributed by atoms with Crippen LogP contribution in [0.25, 0.3) is 0 Å². The topological polar surface area (TPSA) is 82.2 Å². The smallest absolute Gasteiger partial charge is 0.333 e. The highest BCUT2D eigenvalue weighted by molar-refractivity contribution is 5.60. The van der Waals surface area contributed by atoms with Crippen LogP contribution >= 0.6 is 0 Å². The van der Waals surface area contributed by atoms with Crippen molar-refractivity contribution < 1.29 is 9.66 Å². The second-order valence-electron chi connectivity index (χ2n) is 4.41. The van der Waals surface area contributed by atoms with Gasteiger partial charge in [-0.15, -0.1) is 0 Å². The molecule has 0 aliphatic carbocycles. The first-order valence-electron chi connectivity index (χ1n) is 6.19. The van der Waals surface area contributed by atoms with Gasteiger partial charge in [0.2, 0.25) is 5.82 Å². The van der Waals surface area contributed by atoms with Crippen molar-refractivity contribution in [3.05, 3.63) is 15.8 Å². The summed E-state index contributed by atoms with van der Waals surface area (Å²) in [5.74, 6) is 0.496. The van der Waals surface area contributed by atoms with Crippen molar-refractivity contribution in [3.63, 3.8) is 0 Å². The van der Waals surface area contributed by atoms with Crippen LogP contribution in [0.1, 0.15) is 25.5 Å². The van der Waals surface area contributed by atoms with Gasteiger partial charge in [0.25, 0.3) is 0 Å². The van der Waals surface area contributed by atoms with E-state index in [9.17, 15) is 10.1 Å². The van der Waals surface area contributed by atoms with Crippen molar-refractivity contribution in [2.75, 3.05) is 18.5 Å². The van der Waals surface area contributed by atoms with Gasteiger partial charge in [0.05, 0.1) is 17.6 Å². The van der Waals surface area contributed by atoms with Crippen LogP contribution in [-0.4, -0.2) is 34.0 Å². The van der Waals surface area contributed by atoms with Crippen molar-refractivity contribution in [2.45, 2.75) is 39.3 Å². The quantitative estimate of drug-likeness (QED) is 0.653. The average molecular weight is 254 g/mol. The fraction of sp³-hybridized carbons (Fsp3) is 0.727. The molecule has 1 aromatic rings. The number of hydrogen-bond donors (Lipinski definition) is 1. The first-order valence-corrected chi connectivity index (χ1v) is 6.19. The van der Waals surface area contributed by atoms with E-state index >= 15 is 0 Å². The number of rotatable bonds is 4. The standard InChI is InChI=1S/C11H18N4O3/c1-3-14-11(10(15(16)17)8(2)13-14)12-9-5-4-6-18-7-9/h9,12H,3-7H2,1-2H3. The van der Waals surface area contributed by atoms with Crippen LogP contribution in [0.15, 0.2) is 0 Å². The Morgan fingerprint density at radius 3 is 3.00 bits per heavy atom. The highest BCUT2D eigenvalue weighted by Crippen LogP contribution is 2.29. The third-order valence-corrected chi connectivity index (χ3v) is 3.08. The Hall–Kier alpha value is -1.63. The predicted octanol–water partition coefficient (Wildman–Crippen LogP) is 1.71. The number of hydrogen-bond acceptors (Lipinski definition) is 5. The third kappa shape index (κ3) is 2.45. The Morgan fingerprint density at radius 1 is 1.67 bits per heavy atom. The molecule has 2 heterocycles. The molecule has 1 aliphatic rings. The van der Waals surface area contributed by atoms with Gasteiger partial charge in [-0.05, 0) is 26.7 Å². The minimum absolute atomic E-state index is 0.0717. The van der Waals surface area contributed by atoms with Gasteiger partial charge in [0.15, 0.2) is 0 Å². The molecule has 1 aliphatic heterocycles. The van der Waals surface area contributed by atoms with E-state index in [1.54, 1.807) is 11.6 Å². The van der Waals surface area contributed by atoms with Crippen molar-refractivity contribution in [1.29, 1.82) is 0 Å². The zero-order valence-electron chi connectivity index (χ0n) is 10.7. The van der Waals surface area contributed by atoms with E-state index < -0.39 is 0 Å². The van der Waals surface area contributed by atoms with E-state index in [4.69, 9.17) is 4.74 Å². The first kappa shape index (κ1) is 12.8. The monoisotopic (exact) mass is 254 g/mol. The summed E-state index contributed by atoms with van der Waals surface area (Å²) >= 11 is 0. The summed E-state index contributed by atoms with van der Waals surface area (Å²) in [6.07, 6.45) is 1.94. The molecule has 0 spiro atoms. The van der Waals surface area contributed by atoms with E-state index in [2.05, 4.69) is 10.4 Å². The lowest BCUT2D eigenvalue weighted by Gasteiger charge is -2.23. The van der Waals surface area contributed by atoms with Crippen molar-refractivity contribution in [2.24, 2.45) is 0 Å². The van der Waals surface area contributed by atoms with Crippen LogP contribution in [0, 0.1) is 17.0 Å². The summed E-state index contributed by atoms with van der Waals surface area (Å²) in [4.78, 5) is 10.7. The Labute approximate surface area is 105 Å². The zero-order valence-corrected chi connectivity index (χ0v) is 10.7. The fourth-order valence-electron chi connectivity index (χ4n) is 2.21. The molecule has 0 saturated carbocycles. The first-order chi connectivity index (χ1) is 8.63. The molecular formula is C11H18N4O3. The zero-order chi connectivity index (χ0) is 13.1. The van der Waals surface area contributed by atoms with Gasteiger partial charge in [-0.3, -0.25) is 10.1 Å². The summed E-state index contributed by atoms with van der Waals surface area (Å²) in [5.41, 5.74) is 0.517. The van der Waals surface area contributed by atoms with Crippen molar-refractivity contribution >= 4 is 11.5 Å². The van der Waals surface area contributed by atoms with Crippen LogP contribution in [-0.2, 0) is 11.3 Å². The fourth-order valence-corrected chi connectivity index (χ4v) is 2.21. The number of nitrogens with one attached hydrogen (secondary N) is 1. The average Bonchev–Trinajstić information content (AvgIpc) is 2.67. The summed E-state index contributed by atoms with van der Waals surface area (Å²) in [7, 11) is 0. The van der Waals surface area contributed by atoms with E-state index in [0.29, 0.717) is 24.7 Å². The van der Waals surface area contributed by atoms with Gasteiger partial charge >= 0.3 is 5.69 Å². The molecular weight excluding hydrogens is 236 g/mol. The van der Waals surface area contributed by atoms with Crippen LogP contribution in [0.2, 0.25) is 0 Å². The minimum Gasteiger partial charge on any atom is -0.379 e. The van der Waals surface area contributed by atoms with Gasteiger partial charge < -0.3 is 10.1 Å². The predicted molar refractivity (Wildman–Crippen MR) is 66.8 cm³/mol. The largest absolute Gasteiger partial charge is 0.379 e. The lowest BCUT2D eigenvalue weighted by atomic mass is 10.1. The molecule has 1 N–H and O–H groups in total. The number of nitro groups is 1. The van der Waals surface area contributed by atoms with Crippen LogP contribution in [0.3, 0.4) is 0 Å². The summed E-state index contributed by atoms with van der Waals surface area (Å²) < 4.78 is 7.01. The number of aromatic nitrogens is 2. The molecule has 0 bridgehead atoms. The number of aryl methyl sites for hydroxylation is 2. The SMILES string of the molecule is CCn1nc(C)c([N+](=O)[O-])c1NC1CCCOC1. The van der Waals surface area contributed by atoms with Crippen LogP contribution < -0.4 is 5.32 Å². The molecule has 7 nitrogen and oxygen atoms in total. The minimum atomic E-state index is -0.374. The maximum absolute atomic E-state index is 11.1. The molecule has 0 radical (unpaired) electrons. The lowest BCUT2D eigenvalue weighted by molar-refractivity contribution is -0.384.